The summed E-state index contributed by atoms with van der Waals surface area (Å²) in [6.45, 7) is -0.254. The minimum Gasteiger partial charge on any atom is -0.348 e. The second-order valence-electron chi connectivity index (χ2n) is 6.05. The summed E-state index contributed by atoms with van der Waals surface area (Å²) in [6.07, 6.45) is -9.21. The van der Waals surface area contributed by atoms with Gasteiger partial charge >= 0.3 is 12.4 Å². The van der Waals surface area contributed by atoms with Gasteiger partial charge < -0.3 is 5.32 Å². The Kier molecular flexibility index (Phi) is 6.16. The minimum absolute atomic E-state index is 0.0723. The summed E-state index contributed by atoms with van der Waals surface area (Å²) in [7, 11) is -3.56. The summed E-state index contributed by atoms with van der Waals surface area (Å²) in [5.74, 6) is -1.15. The fourth-order valence-corrected chi connectivity index (χ4v) is 2.88. The van der Waals surface area contributed by atoms with Gasteiger partial charge in [0.15, 0.2) is 0 Å². The molecule has 0 aliphatic carbocycles. The van der Waals surface area contributed by atoms with Crippen LogP contribution in [0.2, 0.25) is 0 Å². The van der Waals surface area contributed by atoms with Crippen LogP contribution in [0.4, 0.5) is 32.0 Å². The van der Waals surface area contributed by atoms with Crippen molar-refractivity contribution in [3.63, 3.8) is 0 Å². The quantitative estimate of drug-likeness (QED) is 0.690. The highest BCUT2D eigenvalue weighted by Gasteiger charge is 2.37. The Balaban J connectivity index is 2.24. The van der Waals surface area contributed by atoms with Crippen molar-refractivity contribution in [2.75, 3.05) is 11.0 Å². The van der Waals surface area contributed by atoms with E-state index in [1.165, 1.54) is 24.3 Å². The zero-order valence-corrected chi connectivity index (χ0v) is 15.5. The Morgan fingerprint density at radius 1 is 0.931 bits per heavy atom. The topological polar surface area (TPSA) is 75.3 Å². The number of rotatable bonds is 5. The molecule has 2 aromatic rings. The molecule has 158 valence electrons. The van der Waals surface area contributed by atoms with E-state index in [0.29, 0.717) is 17.7 Å². The SMILES string of the molecule is CS(=O)(=O)Nc1cccc(CNC(=O)c2cc(C(F)(F)F)cc(C(F)(F)F)c2)c1. The molecule has 0 unspecified atom stereocenters. The second kappa shape index (κ2) is 7.93. The summed E-state index contributed by atoms with van der Waals surface area (Å²) >= 11 is 0. The summed E-state index contributed by atoms with van der Waals surface area (Å²) in [4.78, 5) is 12.1. The van der Waals surface area contributed by atoms with Gasteiger partial charge in [0.05, 0.1) is 17.4 Å². The van der Waals surface area contributed by atoms with Crippen LogP contribution in [0.25, 0.3) is 0 Å². The molecule has 29 heavy (non-hydrogen) atoms. The van der Waals surface area contributed by atoms with Crippen molar-refractivity contribution < 1.29 is 39.6 Å². The zero-order chi connectivity index (χ0) is 22.0. The van der Waals surface area contributed by atoms with Crippen molar-refractivity contribution in [1.29, 1.82) is 0 Å². The molecule has 0 aromatic heterocycles. The molecule has 0 saturated carbocycles. The number of hydrogen-bond acceptors (Lipinski definition) is 3. The van der Waals surface area contributed by atoms with Gasteiger partial charge in [-0.25, -0.2) is 8.42 Å². The Labute approximate surface area is 161 Å². The Bertz CT molecular complexity index is 984. The Hall–Kier alpha value is -2.76. The number of amides is 1. The number of alkyl halides is 6. The van der Waals surface area contributed by atoms with Crippen molar-refractivity contribution in [3.8, 4) is 0 Å². The molecule has 0 fully saturated rings. The average molecular weight is 440 g/mol. The van der Waals surface area contributed by atoms with E-state index in [2.05, 4.69) is 10.0 Å². The lowest BCUT2D eigenvalue weighted by molar-refractivity contribution is -0.143. The molecule has 0 bridgehead atoms. The molecule has 12 heteroatoms. The first-order valence-electron chi connectivity index (χ1n) is 7.79. The normalized spacial score (nSPS) is 12.5. The maximum absolute atomic E-state index is 12.9. The van der Waals surface area contributed by atoms with E-state index in [4.69, 9.17) is 0 Å². The average Bonchev–Trinajstić information content (AvgIpc) is 2.56. The fourth-order valence-electron chi connectivity index (χ4n) is 2.33. The molecule has 2 rings (SSSR count). The molecule has 1 amide bonds. The van der Waals surface area contributed by atoms with Gasteiger partial charge in [-0.05, 0) is 35.9 Å². The molecule has 0 atom stereocenters. The maximum atomic E-state index is 12.9. The number of anilines is 1. The largest absolute Gasteiger partial charge is 0.416 e. The number of benzene rings is 2. The molecule has 0 aliphatic rings. The van der Waals surface area contributed by atoms with Crippen LogP contribution < -0.4 is 10.0 Å². The van der Waals surface area contributed by atoms with Crippen molar-refractivity contribution in [2.24, 2.45) is 0 Å². The van der Waals surface area contributed by atoms with E-state index >= 15 is 0 Å². The van der Waals surface area contributed by atoms with Crippen molar-refractivity contribution in [3.05, 3.63) is 64.7 Å². The van der Waals surface area contributed by atoms with E-state index in [0.717, 1.165) is 6.26 Å². The predicted molar refractivity (Wildman–Crippen MR) is 92.5 cm³/mol. The fraction of sp³-hybridized carbons (Fsp3) is 0.235. The van der Waals surface area contributed by atoms with Crippen LogP contribution in [0.15, 0.2) is 42.5 Å². The van der Waals surface area contributed by atoms with Crippen LogP contribution in [-0.2, 0) is 28.9 Å². The Morgan fingerprint density at radius 2 is 1.48 bits per heavy atom. The molecule has 0 heterocycles. The molecule has 0 saturated heterocycles. The van der Waals surface area contributed by atoms with Crippen molar-refractivity contribution in [2.45, 2.75) is 18.9 Å². The number of carbonyl (C=O) groups excluding carboxylic acids is 1. The highest BCUT2D eigenvalue weighted by atomic mass is 32.2. The van der Waals surface area contributed by atoms with E-state index in [1.807, 2.05) is 0 Å². The lowest BCUT2D eigenvalue weighted by atomic mass is 10.0. The first kappa shape index (κ1) is 22.5. The maximum Gasteiger partial charge on any atom is 0.416 e. The molecular weight excluding hydrogens is 426 g/mol. The smallest absolute Gasteiger partial charge is 0.348 e. The predicted octanol–water partition coefficient (Wildman–Crippen LogP) is 4.03. The highest BCUT2D eigenvalue weighted by Crippen LogP contribution is 2.36. The molecule has 5 nitrogen and oxygen atoms in total. The molecule has 0 spiro atoms. The molecule has 2 N–H and O–H groups in total. The van der Waals surface area contributed by atoms with Gasteiger partial charge in [0.2, 0.25) is 10.0 Å². The van der Waals surface area contributed by atoms with Gasteiger partial charge in [0, 0.05) is 17.8 Å². The van der Waals surface area contributed by atoms with E-state index in [1.54, 1.807) is 0 Å². The van der Waals surface area contributed by atoms with Crippen LogP contribution in [0.1, 0.15) is 27.0 Å². The molecular formula is C17H14F6N2O3S. The van der Waals surface area contributed by atoms with Gasteiger partial charge in [-0.15, -0.1) is 0 Å². The zero-order valence-electron chi connectivity index (χ0n) is 14.6. The standard InChI is InChI=1S/C17H14F6N2O3S/c1-29(27,28)25-14-4-2-3-10(5-14)9-24-15(26)11-6-12(16(18,19)20)8-13(7-11)17(21,22)23/h2-8,25H,9H2,1H3,(H,24,26). The van der Waals surface area contributed by atoms with Crippen molar-refractivity contribution in [1.82, 2.24) is 5.32 Å². The van der Waals surface area contributed by atoms with Crippen LogP contribution in [0.5, 0.6) is 0 Å². The van der Waals surface area contributed by atoms with Gasteiger partial charge in [-0.2, -0.15) is 26.3 Å². The monoisotopic (exact) mass is 440 g/mol. The number of sulfonamides is 1. The van der Waals surface area contributed by atoms with Crippen LogP contribution in [0.3, 0.4) is 0 Å². The third kappa shape index (κ3) is 6.66. The summed E-state index contributed by atoms with van der Waals surface area (Å²) in [5.41, 5.74) is -3.46. The molecule has 0 aliphatic heterocycles. The summed E-state index contributed by atoms with van der Waals surface area (Å²) < 4.78 is 102. The first-order valence-corrected chi connectivity index (χ1v) is 9.69. The van der Waals surface area contributed by atoms with Crippen LogP contribution in [-0.4, -0.2) is 20.6 Å². The number of halogens is 6. The summed E-state index contributed by atoms with van der Waals surface area (Å²) in [6, 6.07) is 6.31. The van der Waals surface area contributed by atoms with Gasteiger partial charge in [-0.3, -0.25) is 9.52 Å². The van der Waals surface area contributed by atoms with Gasteiger partial charge in [-0.1, -0.05) is 12.1 Å². The van der Waals surface area contributed by atoms with Crippen LogP contribution in [0, 0.1) is 0 Å². The van der Waals surface area contributed by atoms with Gasteiger partial charge in [0.25, 0.3) is 5.91 Å². The molecule has 0 radical (unpaired) electrons. The minimum atomic E-state index is -5.07. The molecule has 2 aromatic carbocycles. The first-order chi connectivity index (χ1) is 13.1. The highest BCUT2D eigenvalue weighted by molar-refractivity contribution is 7.92. The van der Waals surface area contributed by atoms with E-state index in [-0.39, 0.29) is 18.3 Å². The van der Waals surface area contributed by atoms with E-state index in [9.17, 15) is 39.6 Å². The third-order valence-electron chi connectivity index (χ3n) is 3.53. The number of hydrogen-bond donors (Lipinski definition) is 2. The third-order valence-corrected chi connectivity index (χ3v) is 4.14. The second-order valence-corrected chi connectivity index (χ2v) is 7.80. The van der Waals surface area contributed by atoms with Crippen molar-refractivity contribution >= 4 is 21.6 Å². The Morgan fingerprint density at radius 3 is 1.97 bits per heavy atom. The van der Waals surface area contributed by atoms with E-state index < -0.39 is 45.0 Å². The number of nitrogens with one attached hydrogen (secondary N) is 2. The lowest BCUT2D eigenvalue weighted by Crippen LogP contribution is -2.24. The van der Waals surface area contributed by atoms with Gasteiger partial charge in [0.1, 0.15) is 0 Å². The summed E-state index contributed by atoms with van der Waals surface area (Å²) in [5, 5.41) is 2.21. The lowest BCUT2D eigenvalue weighted by Gasteiger charge is -2.14. The number of carbonyl (C=O) groups is 1. The van der Waals surface area contributed by atoms with Crippen LogP contribution >= 0.6 is 0 Å².